The van der Waals surface area contributed by atoms with E-state index in [1.165, 1.54) is 0 Å². The fourth-order valence-electron chi connectivity index (χ4n) is 2.59. The van der Waals surface area contributed by atoms with Crippen LogP contribution in [0.2, 0.25) is 0 Å². The van der Waals surface area contributed by atoms with E-state index in [4.69, 9.17) is 4.74 Å². The van der Waals surface area contributed by atoms with E-state index in [1.54, 1.807) is 7.11 Å². The van der Waals surface area contributed by atoms with Crippen LogP contribution in [0.3, 0.4) is 0 Å². The topological polar surface area (TPSA) is 36.3 Å². The van der Waals surface area contributed by atoms with E-state index >= 15 is 0 Å². The zero-order valence-electron chi connectivity index (χ0n) is 11.4. The van der Waals surface area contributed by atoms with Gasteiger partial charge in [0.15, 0.2) is 0 Å². The number of anilines is 1. The van der Waals surface area contributed by atoms with Gasteiger partial charge in [-0.25, -0.2) is 0 Å². The molecule has 1 saturated heterocycles. The van der Waals surface area contributed by atoms with Gasteiger partial charge in [0.25, 0.3) is 0 Å². The molecule has 1 heterocycles. The second-order valence-electron chi connectivity index (χ2n) is 5.31. The third-order valence-electron chi connectivity index (χ3n) is 3.76. The lowest BCUT2D eigenvalue weighted by Gasteiger charge is -2.41. The summed E-state index contributed by atoms with van der Waals surface area (Å²) in [6.45, 7) is 6.00. The Morgan fingerprint density at radius 1 is 1.44 bits per heavy atom. The Balaban J connectivity index is 2.29. The highest BCUT2D eigenvalue weighted by Crippen LogP contribution is 2.30. The zero-order valence-corrected chi connectivity index (χ0v) is 11.4. The third kappa shape index (κ3) is 2.49. The Hall–Kier alpha value is -1.53. The van der Waals surface area contributed by atoms with Gasteiger partial charge in [0, 0.05) is 20.2 Å². The molecule has 1 atom stereocenters. The summed E-state index contributed by atoms with van der Waals surface area (Å²) in [5.41, 5.74) is 2.82. The van der Waals surface area contributed by atoms with Gasteiger partial charge in [-0.1, -0.05) is 6.07 Å². The molecule has 1 aromatic carbocycles. The Morgan fingerprint density at radius 2 is 2.22 bits per heavy atom. The molecule has 96 valence electrons. The predicted molar refractivity (Wildman–Crippen MR) is 72.8 cm³/mol. The first-order valence-electron chi connectivity index (χ1n) is 6.39. The summed E-state index contributed by atoms with van der Waals surface area (Å²) in [7, 11) is 1.77. The molecule has 3 heteroatoms. The average Bonchev–Trinajstić information content (AvgIpc) is 2.38. The molecule has 18 heavy (non-hydrogen) atoms. The standard InChI is InChI=1S/C15H20N2O/c1-12-5-6-14(13(9-12)10-16)17-8-4-7-15(2,11-17)18-3/h5-6,9H,4,7-8,11H2,1-3H3. The molecule has 1 unspecified atom stereocenters. The highest BCUT2D eigenvalue weighted by Gasteiger charge is 2.31. The summed E-state index contributed by atoms with van der Waals surface area (Å²) in [4.78, 5) is 2.27. The van der Waals surface area contributed by atoms with Crippen LogP contribution in [-0.2, 0) is 4.74 Å². The number of nitriles is 1. The van der Waals surface area contributed by atoms with E-state index in [9.17, 15) is 5.26 Å². The monoisotopic (exact) mass is 244 g/mol. The lowest BCUT2D eigenvalue weighted by atomic mass is 9.93. The van der Waals surface area contributed by atoms with Crippen LogP contribution >= 0.6 is 0 Å². The second-order valence-corrected chi connectivity index (χ2v) is 5.31. The van der Waals surface area contributed by atoms with Crippen LogP contribution in [0.25, 0.3) is 0 Å². The van der Waals surface area contributed by atoms with Crippen LogP contribution in [0.15, 0.2) is 18.2 Å². The van der Waals surface area contributed by atoms with E-state index < -0.39 is 0 Å². The van der Waals surface area contributed by atoms with Crippen LogP contribution in [0.4, 0.5) is 5.69 Å². The summed E-state index contributed by atoms with van der Waals surface area (Å²) in [5, 5.41) is 9.25. The molecule has 0 radical (unpaired) electrons. The van der Waals surface area contributed by atoms with E-state index in [2.05, 4.69) is 30.0 Å². The van der Waals surface area contributed by atoms with Crippen molar-refractivity contribution in [3.63, 3.8) is 0 Å². The Bertz CT molecular complexity index is 478. The summed E-state index contributed by atoms with van der Waals surface area (Å²) in [6, 6.07) is 8.36. The first-order valence-corrected chi connectivity index (χ1v) is 6.39. The molecule has 1 aliphatic heterocycles. The molecule has 0 saturated carbocycles. The van der Waals surface area contributed by atoms with Crippen LogP contribution in [-0.4, -0.2) is 25.8 Å². The van der Waals surface area contributed by atoms with Gasteiger partial charge in [-0.15, -0.1) is 0 Å². The Labute approximate surface area is 109 Å². The van der Waals surface area contributed by atoms with Gasteiger partial charge in [0.05, 0.1) is 16.9 Å². The van der Waals surface area contributed by atoms with E-state index in [0.29, 0.717) is 0 Å². The lowest BCUT2D eigenvalue weighted by molar-refractivity contribution is -0.00466. The maximum Gasteiger partial charge on any atom is 0.101 e. The number of nitrogens with zero attached hydrogens (tertiary/aromatic N) is 2. The zero-order chi connectivity index (χ0) is 13.2. The van der Waals surface area contributed by atoms with Crippen LogP contribution in [0.5, 0.6) is 0 Å². The normalized spacial score (nSPS) is 23.8. The van der Waals surface area contributed by atoms with Crippen molar-refractivity contribution in [1.82, 2.24) is 0 Å². The minimum atomic E-state index is -0.101. The van der Waals surface area contributed by atoms with Gasteiger partial charge in [0.2, 0.25) is 0 Å². The number of hydrogen-bond acceptors (Lipinski definition) is 3. The average molecular weight is 244 g/mol. The van der Waals surface area contributed by atoms with Gasteiger partial charge < -0.3 is 9.64 Å². The fraction of sp³-hybridized carbons (Fsp3) is 0.533. The third-order valence-corrected chi connectivity index (χ3v) is 3.76. The van der Waals surface area contributed by atoms with E-state index in [1.807, 2.05) is 13.0 Å². The fourth-order valence-corrected chi connectivity index (χ4v) is 2.59. The number of hydrogen-bond donors (Lipinski definition) is 0. The molecule has 0 N–H and O–H groups in total. The maximum atomic E-state index is 9.25. The van der Waals surface area contributed by atoms with Crippen molar-refractivity contribution in [2.45, 2.75) is 32.3 Å². The Kier molecular flexibility index (Phi) is 3.58. The molecule has 0 bridgehead atoms. The number of aryl methyl sites for hydroxylation is 1. The van der Waals surface area contributed by atoms with Gasteiger partial charge >= 0.3 is 0 Å². The van der Waals surface area contributed by atoms with Crippen molar-refractivity contribution >= 4 is 5.69 Å². The molecule has 0 amide bonds. The van der Waals surface area contributed by atoms with Crippen molar-refractivity contribution in [1.29, 1.82) is 5.26 Å². The largest absolute Gasteiger partial charge is 0.377 e. The van der Waals surface area contributed by atoms with Gasteiger partial charge in [-0.2, -0.15) is 5.26 Å². The molecule has 1 fully saturated rings. The molecule has 0 aliphatic carbocycles. The number of methoxy groups -OCH3 is 1. The Morgan fingerprint density at radius 3 is 2.89 bits per heavy atom. The van der Waals surface area contributed by atoms with Crippen molar-refractivity contribution in [2.24, 2.45) is 0 Å². The lowest BCUT2D eigenvalue weighted by Crippen LogP contribution is -2.47. The summed E-state index contributed by atoms with van der Waals surface area (Å²) in [5.74, 6) is 0. The van der Waals surface area contributed by atoms with E-state index in [-0.39, 0.29) is 5.60 Å². The number of piperidine rings is 1. The summed E-state index contributed by atoms with van der Waals surface area (Å²) >= 11 is 0. The quantitative estimate of drug-likeness (QED) is 0.802. The van der Waals surface area contributed by atoms with Crippen molar-refractivity contribution in [3.8, 4) is 6.07 Å². The van der Waals surface area contributed by atoms with Crippen LogP contribution in [0, 0.1) is 18.3 Å². The number of benzene rings is 1. The number of ether oxygens (including phenoxy) is 1. The maximum absolute atomic E-state index is 9.25. The highest BCUT2D eigenvalue weighted by molar-refractivity contribution is 5.60. The molecule has 2 rings (SSSR count). The predicted octanol–water partition coefficient (Wildman–Crippen LogP) is 2.87. The van der Waals surface area contributed by atoms with Gasteiger partial charge in [-0.05, 0) is 44.4 Å². The summed E-state index contributed by atoms with van der Waals surface area (Å²) in [6.07, 6.45) is 2.18. The molecular weight excluding hydrogens is 224 g/mol. The van der Waals surface area contributed by atoms with Crippen LogP contribution < -0.4 is 4.90 Å². The minimum absolute atomic E-state index is 0.101. The molecule has 0 spiro atoms. The second kappa shape index (κ2) is 4.99. The first-order chi connectivity index (χ1) is 8.58. The SMILES string of the molecule is COC1(C)CCCN(c2ccc(C)cc2C#N)C1. The minimum Gasteiger partial charge on any atom is -0.377 e. The molecule has 3 nitrogen and oxygen atoms in total. The van der Waals surface area contributed by atoms with Crippen LogP contribution in [0.1, 0.15) is 30.9 Å². The van der Waals surface area contributed by atoms with E-state index in [0.717, 1.165) is 42.7 Å². The first kappa shape index (κ1) is 12.9. The summed E-state index contributed by atoms with van der Waals surface area (Å²) < 4.78 is 5.60. The molecular formula is C15H20N2O. The number of rotatable bonds is 2. The smallest absolute Gasteiger partial charge is 0.101 e. The van der Waals surface area contributed by atoms with Crippen molar-refractivity contribution in [2.75, 3.05) is 25.1 Å². The van der Waals surface area contributed by atoms with Gasteiger partial charge in [0.1, 0.15) is 6.07 Å². The molecule has 1 aromatic rings. The molecule has 1 aliphatic rings. The molecule has 0 aromatic heterocycles. The van der Waals surface area contributed by atoms with Crippen molar-refractivity contribution < 1.29 is 4.74 Å². The van der Waals surface area contributed by atoms with Gasteiger partial charge in [-0.3, -0.25) is 0 Å². The van der Waals surface area contributed by atoms with Crippen molar-refractivity contribution in [3.05, 3.63) is 29.3 Å². The highest BCUT2D eigenvalue weighted by atomic mass is 16.5.